The fourth-order valence-corrected chi connectivity index (χ4v) is 8.30. The molecule has 0 aliphatic rings. The second-order valence-corrected chi connectivity index (χ2v) is 18.3. The average molecular weight is 840 g/mol. The highest BCUT2D eigenvalue weighted by atomic mass is 16.3. The van der Waals surface area contributed by atoms with Crippen LogP contribution in [0.5, 0.6) is 0 Å². The van der Waals surface area contributed by atoms with Crippen LogP contribution in [0.1, 0.15) is 284 Å². The lowest BCUT2D eigenvalue weighted by Crippen LogP contribution is -2.45. The smallest absolute Gasteiger partial charge is 0.220 e. The number of unbranched alkanes of at least 4 members (excludes halogenated alkanes) is 34. The largest absolute Gasteiger partial charge is 0.394 e. The van der Waals surface area contributed by atoms with Gasteiger partial charge in [-0.05, 0) is 51.4 Å². The Morgan fingerprint density at radius 1 is 0.417 bits per heavy atom. The minimum atomic E-state index is -0.662. The minimum absolute atomic E-state index is 0.0316. The first-order chi connectivity index (χ1) is 29.7. The van der Waals surface area contributed by atoms with Gasteiger partial charge in [0.05, 0.1) is 18.8 Å². The summed E-state index contributed by atoms with van der Waals surface area (Å²) in [6.45, 7) is 4.27. The van der Waals surface area contributed by atoms with E-state index in [1.807, 2.05) is 0 Å². The van der Waals surface area contributed by atoms with Crippen LogP contribution >= 0.6 is 0 Å². The van der Waals surface area contributed by atoms with Crippen LogP contribution in [0, 0.1) is 0 Å². The van der Waals surface area contributed by atoms with Crippen molar-refractivity contribution in [1.29, 1.82) is 0 Å². The van der Waals surface area contributed by atoms with Gasteiger partial charge < -0.3 is 15.5 Å². The van der Waals surface area contributed by atoms with Gasteiger partial charge in [-0.25, -0.2) is 0 Å². The first-order valence-corrected chi connectivity index (χ1v) is 26.8. The number of amides is 1. The minimum Gasteiger partial charge on any atom is -0.394 e. The molecule has 0 aliphatic carbocycles. The van der Waals surface area contributed by atoms with Crippen molar-refractivity contribution in [2.75, 3.05) is 6.61 Å². The van der Waals surface area contributed by atoms with Gasteiger partial charge in [-0.1, -0.05) is 274 Å². The third kappa shape index (κ3) is 47.4. The molecule has 3 N–H and O–H groups in total. The lowest BCUT2D eigenvalue weighted by molar-refractivity contribution is -0.123. The molecular formula is C56H105NO3. The van der Waals surface area contributed by atoms with Crippen molar-refractivity contribution in [2.24, 2.45) is 0 Å². The van der Waals surface area contributed by atoms with E-state index >= 15 is 0 Å². The average Bonchev–Trinajstić information content (AvgIpc) is 3.25. The van der Waals surface area contributed by atoms with Crippen LogP contribution in [-0.2, 0) is 4.79 Å². The molecule has 4 nitrogen and oxygen atoms in total. The molecule has 0 rings (SSSR count). The number of nitrogens with one attached hydrogen (secondary N) is 1. The number of aliphatic hydroxyl groups excluding tert-OH is 2. The van der Waals surface area contributed by atoms with Crippen molar-refractivity contribution in [1.82, 2.24) is 5.32 Å². The summed E-state index contributed by atoms with van der Waals surface area (Å²) in [5.41, 5.74) is 0. The van der Waals surface area contributed by atoms with Gasteiger partial charge in [0.1, 0.15) is 0 Å². The van der Waals surface area contributed by atoms with Crippen LogP contribution < -0.4 is 5.32 Å². The highest BCUT2D eigenvalue weighted by Gasteiger charge is 2.20. The van der Waals surface area contributed by atoms with Crippen LogP contribution in [0.3, 0.4) is 0 Å². The van der Waals surface area contributed by atoms with Crippen LogP contribution in [0.4, 0.5) is 0 Å². The number of allylic oxidation sites excluding steroid dienone is 8. The monoisotopic (exact) mass is 840 g/mol. The molecule has 2 atom stereocenters. The first kappa shape index (κ1) is 58.4. The summed E-state index contributed by atoms with van der Waals surface area (Å²) >= 11 is 0. The van der Waals surface area contributed by atoms with Crippen LogP contribution in [-0.4, -0.2) is 34.9 Å². The van der Waals surface area contributed by atoms with Crippen LogP contribution in [0.2, 0.25) is 0 Å². The zero-order valence-electron chi connectivity index (χ0n) is 40.5. The molecular weight excluding hydrogens is 735 g/mol. The van der Waals surface area contributed by atoms with Gasteiger partial charge in [-0.2, -0.15) is 0 Å². The molecule has 0 radical (unpaired) electrons. The number of rotatable bonds is 49. The Morgan fingerprint density at radius 3 is 1.10 bits per heavy atom. The summed E-state index contributed by atoms with van der Waals surface area (Å²) in [6, 6.07) is -0.539. The number of hydrogen-bond donors (Lipinski definition) is 3. The lowest BCUT2D eigenvalue weighted by Gasteiger charge is -2.22. The van der Waals surface area contributed by atoms with Gasteiger partial charge in [0.15, 0.2) is 0 Å². The van der Waals surface area contributed by atoms with Crippen molar-refractivity contribution in [3.63, 3.8) is 0 Å². The zero-order valence-corrected chi connectivity index (χ0v) is 40.5. The normalized spacial score (nSPS) is 13.2. The van der Waals surface area contributed by atoms with Crippen molar-refractivity contribution < 1.29 is 15.0 Å². The molecule has 0 aromatic heterocycles. The summed E-state index contributed by atoms with van der Waals surface area (Å²) in [7, 11) is 0. The van der Waals surface area contributed by atoms with E-state index in [1.165, 1.54) is 205 Å². The van der Waals surface area contributed by atoms with E-state index in [0.29, 0.717) is 12.8 Å². The number of carbonyl (C=O) groups excluding carboxylic acids is 1. The van der Waals surface area contributed by atoms with Gasteiger partial charge in [0, 0.05) is 6.42 Å². The molecule has 0 heterocycles. The van der Waals surface area contributed by atoms with Crippen molar-refractivity contribution in [3.8, 4) is 0 Å². The molecule has 0 saturated carbocycles. The predicted octanol–water partition coefficient (Wildman–Crippen LogP) is 17.5. The third-order valence-corrected chi connectivity index (χ3v) is 12.4. The van der Waals surface area contributed by atoms with E-state index in [2.05, 4.69) is 67.8 Å². The molecule has 0 aliphatic heterocycles. The Hall–Kier alpha value is -1.65. The highest BCUT2D eigenvalue weighted by molar-refractivity contribution is 5.76. The van der Waals surface area contributed by atoms with E-state index in [9.17, 15) is 15.0 Å². The molecule has 0 bridgehead atoms. The molecule has 352 valence electrons. The van der Waals surface area contributed by atoms with Crippen molar-refractivity contribution in [2.45, 2.75) is 296 Å². The Balaban J connectivity index is 3.47. The summed E-state index contributed by atoms with van der Waals surface area (Å²) in [4.78, 5) is 12.5. The molecule has 60 heavy (non-hydrogen) atoms. The number of hydrogen-bond acceptors (Lipinski definition) is 3. The van der Waals surface area contributed by atoms with Crippen molar-refractivity contribution >= 4 is 5.91 Å². The Bertz CT molecular complexity index is 954. The molecule has 4 heteroatoms. The number of carbonyl (C=O) groups is 1. The van der Waals surface area contributed by atoms with Crippen molar-refractivity contribution in [3.05, 3.63) is 48.6 Å². The van der Waals surface area contributed by atoms with E-state index in [-0.39, 0.29) is 12.5 Å². The number of aliphatic hydroxyl groups is 2. The maximum atomic E-state index is 12.5. The fourth-order valence-electron chi connectivity index (χ4n) is 8.30. The fraction of sp³-hybridized carbons (Fsp3) is 0.839. The predicted molar refractivity (Wildman–Crippen MR) is 267 cm³/mol. The summed E-state index contributed by atoms with van der Waals surface area (Å²) < 4.78 is 0. The maximum absolute atomic E-state index is 12.5. The van der Waals surface area contributed by atoms with Gasteiger partial charge in [0.2, 0.25) is 5.91 Å². The summed E-state index contributed by atoms with van der Waals surface area (Å²) in [5, 5.41) is 23.3. The molecule has 0 saturated heterocycles. The summed E-state index contributed by atoms with van der Waals surface area (Å²) in [5.74, 6) is -0.0316. The van der Waals surface area contributed by atoms with E-state index in [1.54, 1.807) is 0 Å². The lowest BCUT2D eigenvalue weighted by atomic mass is 10.0. The third-order valence-electron chi connectivity index (χ3n) is 12.4. The van der Waals surface area contributed by atoms with Crippen LogP contribution in [0.15, 0.2) is 48.6 Å². The molecule has 0 aromatic rings. The zero-order chi connectivity index (χ0) is 43.5. The second-order valence-electron chi connectivity index (χ2n) is 18.3. The molecule has 1 amide bonds. The molecule has 0 spiro atoms. The summed E-state index contributed by atoms with van der Waals surface area (Å²) in [6.07, 6.45) is 70.8. The van der Waals surface area contributed by atoms with Gasteiger partial charge in [0.25, 0.3) is 0 Å². The van der Waals surface area contributed by atoms with Gasteiger partial charge in [-0.3, -0.25) is 4.79 Å². The van der Waals surface area contributed by atoms with E-state index in [0.717, 1.165) is 51.4 Å². The Morgan fingerprint density at radius 2 is 0.733 bits per heavy atom. The van der Waals surface area contributed by atoms with Crippen LogP contribution in [0.25, 0.3) is 0 Å². The topological polar surface area (TPSA) is 69.6 Å². The van der Waals surface area contributed by atoms with Gasteiger partial charge in [-0.15, -0.1) is 0 Å². The van der Waals surface area contributed by atoms with Gasteiger partial charge >= 0.3 is 0 Å². The van der Waals surface area contributed by atoms with E-state index in [4.69, 9.17) is 0 Å². The molecule has 2 unspecified atom stereocenters. The first-order valence-electron chi connectivity index (χ1n) is 26.8. The molecule has 0 aromatic carbocycles. The van der Waals surface area contributed by atoms with E-state index < -0.39 is 12.1 Å². The Kier molecular flexibility index (Phi) is 50.3. The highest BCUT2D eigenvalue weighted by Crippen LogP contribution is 2.17. The quantitative estimate of drug-likeness (QED) is 0.0422. The molecule has 0 fully saturated rings. The maximum Gasteiger partial charge on any atom is 0.220 e. The second kappa shape index (κ2) is 51.7. The SMILES string of the molecule is CC/C=C\C/C=C\C/C=C\C/C=C\CCCCCCCCCCCCCCC(=O)NC(CO)C(O)CCCCCCCCCCCCCCCCCCCCCCCCC. The Labute approximate surface area is 375 Å². The standard InChI is InChI=1S/C56H105NO3/c1-3-5-7-9-11-13-15-17-19-21-23-25-27-28-30-32-34-36-38-40-42-44-46-48-50-52-56(60)57-54(53-58)55(59)51-49-47-45-43-41-39-37-35-33-31-29-26-24-22-20-18-16-14-12-10-8-6-4-2/h5,7,11,13,17,19,23,25,54-55,58-59H,3-4,6,8-10,12,14-16,18,20-22,24,26-53H2,1-2H3,(H,57,60)/b7-5-,13-11-,19-17-,25-23-.